The van der Waals surface area contributed by atoms with E-state index in [0.29, 0.717) is 24.4 Å². The second kappa shape index (κ2) is 5.72. The van der Waals surface area contributed by atoms with Crippen molar-refractivity contribution in [2.24, 2.45) is 7.05 Å². The number of rotatable bonds is 3. The van der Waals surface area contributed by atoms with Crippen LogP contribution in [0.15, 0.2) is 30.9 Å². The molecule has 0 spiro atoms. The summed E-state index contributed by atoms with van der Waals surface area (Å²) in [5.41, 5.74) is 2.42. The summed E-state index contributed by atoms with van der Waals surface area (Å²) < 4.78 is 7.39. The van der Waals surface area contributed by atoms with Gasteiger partial charge in [-0.05, 0) is 18.2 Å². The minimum absolute atomic E-state index is 0.0115. The molecule has 1 N–H and O–H groups in total. The number of hydrogen-bond donors (Lipinski definition) is 1. The Morgan fingerprint density at radius 2 is 2.25 bits per heavy atom. The van der Waals surface area contributed by atoms with E-state index in [4.69, 9.17) is 4.74 Å². The van der Waals surface area contributed by atoms with E-state index in [2.05, 4.69) is 20.2 Å². The van der Waals surface area contributed by atoms with Gasteiger partial charge in [0.15, 0.2) is 0 Å². The lowest BCUT2D eigenvalue weighted by Gasteiger charge is -2.22. The monoisotopic (exact) mass is 326 g/mol. The van der Waals surface area contributed by atoms with E-state index < -0.39 is 0 Å². The molecule has 1 fully saturated rings. The van der Waals surface area contributed by atoms with Crippen LogP contribution >= 0.6 is 0 Å². The Labute approximate surface area is 138 Å². The number of amides is 1. The second-order valence-electron chi connectivity index (χ2n) is 6.00. The predicted octanol–water partition coefficient (Wildman–Crippen LogP) is 1.29. The highest BCUT2D eigenvalue weighted by Crippen LogP contribution is 2.32. The number of aryl methyl sites for hydroxylation is 1. The molecule has 0 radical (unpaired) electrons. The van der Waals surface area contributed by atoms with Gasteiger partial charge in [-0.15, -0.1) is 0 Å². The Bertz CT molecular complexity index is 872. The smallest absolute Gasteiger partial charge is 0.254 e. The van der Waals surface area contributed by atoms with E-state index in [1.54, 1.807) is 18.3 Å². The van der Waals surface area contributed by atoms with Gasteiger partial charge >= 0.3 is 0 Å². The molecule has 1 aliphatic rings. The lowest BCUT2D eigenvalue weighted by atomic mass is 10.1. The molecule has 1 amide bonds. The van der Waals surface area contributed by atoms with Gasteiger partial charge in [0.05, 0.1) is 29.5 Å². The number of imidazole rings is 1. The fourth-order valence-corrected chi connectivity index (χ4v) is 3.26. The summed E-state index contributed by atoms with van der Waals surface area (Å²) in [7, 11) is 3.59. The molecule has 0 unspecified atom stereocenters. The van der Waals surface area contributed by atoms with Gasteiger partial charge in [0.2, 0.25) is 0 Å². The number of nitrogens with zero attached hydrogens (tertiary/aromatic N) is 5. The fraction of sp³-hybridized carbons (Fsp3) is 0.375. The zero-order valence-corrected chi connectivity index (χ0v) is 13.5. The summed E-state index contributed by atoms with van der Waals surface area (Å²) in [6.45, 7) is 0.529. The molecule has 0 saturated carbocycles. The third kappa shape index (κ3) is 2.35. The quantitative estimate of drug-likeness (QED) is 0.783. The van der Waals surface area contributed by atoms with Crippen molar-refractivity contribution in [1.82, 2.24) is 29.6 Å². The number of H-pyrrole nitrogens is 1. The highest BCUT2D eigenvalue weighted by Gasteiger charge is 2.38. The molecule has 0 bridgehead atoms. The molecule has 124 valence electrons. The summed E-state index contributed by atoms with van der Waals surface area (Å²) in [5, 5.41) is 6.77. The summed E-state index contributed by atoms with van der Waals surface area (Å²) >= 11 is 0. The van der Waals surface area contributed by atoms with Crippen molar-refractivity contribution >= 4 is 16.9 Å². The Morgan fingerprint density at radius 1 is 1.38 bits per heavy atom. The van der Waals surface area contributed by atoms with Gasteiger partial charge in [-0.25, -0.2) is 9.97 Å². The van der Waals surface area contributed by atoms with Crippen LogP contribution in [0.2, 0.25) is 0 Å². The first kappa shape index (κ1) is 14.8. The molecule has 2 atom stereocenters. The molecule has 1 saturated heterocycles. The number of hydrogen-bond acceptors (Lipinski definition) is 5. The third-order valence-corrected chi connectivity index (χ3v) is 4.58. The van der Waals surface area contributed by atoms with E-state index in [0.717, 1.165) is 11.0 Å². The van der Waals surface area contributed by atoms with Crippen molar-refractivity contribution in [3.63, 3.8) is 0 Å². The first-order chi connectivity index (χ1) is 11.7. The average Bonchev–Trinajstić information content (AvgIpc) is 3.33. The van der Waals surface area contributed by atoms with Crippen LogP contribution < -0.4 is 0 Å². The van der Waals surface area contributed by atoms with E-state index in [1.165, 1.54) is 6.33 Å². The van der Waals surface area contributed by atoms with Crippen LogP contribution in [0.25, 0.3) is 11.0 Å². The van der Waals surface area contributed by atoms with Crippen LogP contribution in [-0.2, 0) is 11.8 Å². The number of fused-ring (bicyclic) bond motifs is 1. The maximum absolute atomic E-state index is 13.0. The van der Waals surface area contributed by atoms with Crippen molar-refractivity contribution in [3.05, 3.63) is 42.2 Å². The van der Waals surface area contributed by atoms with Gasteiger partial charge in [-0.3, -0.25) is 9.89 Å². The first-order valence-corrected chi connectivity index (χ1v) is 7.77. The number of carbonyl (C=O) groups excluding carboxylic acids is 1. The minimum atomic E-state index is -0.163. The van der Waals surface area contributed by atoms with Crippen LogP contribution in [0.4, 0.5) is 0 Å². The average molecular weight is 326 g/mol. The van der Waals surface area contributed by atoms with Gasteiger partial charge in [-0.1, -0.05) is 0 Å². The van der Waals surface area contributed by atoms with E-state index in [-0.39, 0.29) is 18.1 Å². The largest absolute Gasteiger partial charge is 0.380 e. The van der Waals surface area contributed by atoms with Crippen LogP contribution in [-0.4, -0.2) is 55.3 Å². The number of aromatic nitrogens is 5. The second-order valence-corrected chi connectivity index (χ2v) is 6.00. The van der Waals surface area contributed by atoms with Crippen molar-refractivity contribution in [2.45, 2.75) is 18.6 Å². The van der Waals surface area contributed by atoms with Gasteiger partial charge < -0.3 is 14.2 Å². The molecule has 8 heteroatoms. The molecule has 3 aromatic rings. The standard InChI is InChI=1S/C16H18N6O2/c1-21-9-18-12-5-10(3-4-13(12)21)16(23)22-7-11(24-2)6-14(22)15-17-8-19-20-15/h3-5,8-9,11,14H,6-7H2,1-2H3,(H,17,19,20)/t11-,14+/m1/s1. The third-order valence-electron chi connectivity index (χ3n) is 4.58. The number of likely N-dealkylation sites (tertiary alicyclic amines) is 1. The number of carbonyl (C=O) groups is 1. The zero-order valence-electron chi connectivity index (χ0n) is 13.5. The molecule has 1 aromatic carbocycles. The van der Waals surface area contributed by atoms with Gasteiger partial charge in [0, 0.05) is 32.7 Å². The Hall–Kier alpha value is -2.74. The van der Waals surface area contributed by atoms with E-state index >= 15 is 0 Å². The summed E-state index contributed by atoms with van der Waals surface area (Å²) in [6, 6.07) is 5.42. The molecule has 3 heterocycles. The summed E-state index contributed by atoms with van der Waals surface area (Å²) in [6.07, 6.45) is 3.89. The van der Waals surface area contributed by atoms with Crippen LogP contribution in [0.1, 0.15) is 28.6 Å². The number of aromatic amines is 1. The molecule has 8 nitrogen and oxygen atoms in total. The van der Waals surface area contributed by atoms with Gasteiger partial charge in [0.25, 0.3) is 5.91 Å². The molecule has 0 aliphatic carbocycles. The molecule has 24 heavy (non-hydrogen) atoms. The normalized spacial score (nSPS) is 20.8. The molecular formula is C16H18N6O2. The molecular weight excluding hydrogens is 308 g/mol. The molecule has 2 aromatic heterocycles. The lowest BCUT2D eigenvalue weighted by Crippen LogP contribution is -2.32. The van der Waals surface area contributed by atoms with Crippen molar-refractivity contribution in [3.8, 4) is 0 Å². The number of nitrogens with one attached hydrogen (secondary N) is 1. The highest BCUT2D eigenvalue weighted by molar-refractivity contribution is 5.97. The van der Waals surface area contributed by atoms with Crippen molar-refractivity contribution in [1.29, 1.82) is 0 Å². The maximum Gasteiger partial charge on any atom is 0.254 e. The number of benzene rings is 1. The number of ether oxygens (including phenoxy) is 1. The zero-order chi connectivity index (χ0) is 16.7. The Morgan fingerprint density at radius 3 is 3.00 bits per heavy atom. The highest BCUT2D eigenvalue weighted by atomic mass is 16.5. The van der Waals surface area contributed by atoms with E-state index in [1.807, 2.05) is 29.8 Å². The fourth-order valence-electron chi connectivity index (χ4n) is 3.26. The first-order valence-electron chi connectivity index (χ1n) is 7.77. The van der Waals surface area contributed by atoms with Crippen molar-refractivity contribution in [2.75, 3.05) is 13.7 Å². The summed E-state index contributed by atoms with van der Waals surface area (Å²) in [5.74, 6) is 0.630. The molecule has 1 aliphatic heterocycles. The Balaban J connectivity index is 1.67. The maximum atomic E-state index is 13.0. The van der Waals surface area contributed by atoms with Gasteiger partial charge in [0.1, 0.15) is 12.2 Å². The van der Waals surface area contributed by atoms with Crippen LogP contribution in [0, 0.1) is 0 Å². The molecule has 4 rings (SSSR count). The Kier molecular flexibility index (Phi) is 3.53. The van der Waals surface area contributed by atoms with Crippen LogP contribution in [0.5, 0.6) is 0 Å². The van der Waals surface area contributed by atoms with Crippen molar-refractivity contribution < 1.29 is 9.53 Å². The topological polar surface area (TPSA) is 88.9 Å². The SMILES string of the molecule is CO[C@@H]1C[C@@H](c2ncn[nH]2)N(C(=O)c2ccc3c(c2)ncn3C)C1. The lowest BCUT2D eigenvalue weighted by molar-refractivity contribution is 0.0684. The van der Waals surface area contributed by atoms with E-state index in [9.17, 15) is 4.79 Å². The van der Waals surface area contributed by atoms with Gasteiger partial charge in [-0.2, -0.15) is 5.10 Å². The summed E-state index contributed by atoms with van der Waals surface area (Å²) in [4.78, 5) is 23.4. The predicted molar refractivity (Wildman–Crippen MR) is 86.3 cm³/mol. The number of methoxy groups -OCH3 is 1. The van der Waals surface area contributed by atoms with Crippen LogP contribution in [0.3, 0.4) is 0 Å². The minimum Gasteiger partial charge on any atom is -0.380 e.